The van der Waals surface area contributed by atoms with Gasteiger partial charge in [-0.25, -0.2) is 4.98 Å². The Balaban J connectivity index is 1.83. The maximum Gasteiger partial charge on any atom is 0.297 e. The molecule has 0 bridgehead atoms. The summed E-state index contributed by atoms with van der Waals surface area (Å²) in [5.41, 5.74) is 2.05. The molecule has 0 aliphatic carbocycles. The van der Waals surface area contributed by atoms with Gasteiger partial charge >= 0.3 is 0 Å². The molecule has 31 heavy (non-hydrogen) atoms. The molecule has 156 valence electrons. The van der Waals surface area contributed by atoms with Crippen molar-refractivity contribution < 1.29 is 13.9 Å². The number of rotatable bonds is 3. The van der Waals surface area contributed by atoms with Crippen LogP contribution in [0.1, 0.15) is 38.3 Å². The zero-order valence-electron chi connectivity index (χ0n) is 16.9. The van der Waals surface area contributed by atoms with E-state index < -0.39 is 6.04 Å². The third-order valence-corrected chi connectivity index (χ3v) is 7.03. The molecular weight excluding hydrogens is 480 g/mol. The van der Waals surface area contributed by atoms with E-state index in [0.29, 0.717) is 27.4 Å². The summed E-state index contributed by atoms with van der Waals surface area (Å²) in [4.78, 5) is 34.3. The van der Waals surface area contributed by atoms with Gasteiger partial charge in [-0.15, -0.1) is 11.3 Å². The number of methoxy groups -OCH3 is 1. The van der Waals surface area contributed by atoms with E-state index in [9.17, 15) is 9.59 Å². The fourth-order valence-electron chi connectivity index (χ4n) is 3.83. The molecule has 2 aromatic carbocycles. The number of fused-ring (bicyclic) bond motifs is 2. The highest BCUT2D eigenvalue weighted by molar-refractivity contribution is 9.10. The molecule has 0 saturated carbocycles. The van der Waals surface area contributed by atoms with Crippen molar-refractivity contribution in [3.8, 4) is 5.75 Å². The molecule has 2 aromatic heterocycles. The maximum atomic E-state index is 13.6. The van der Waals surface area contributed by atoms with E-state index in [4.69, 9.17) is 9.15 Å². The van der Waals surface area contributed by atoms with Gasteiger partial charge in [0.05, 0.1) is 29.8 Å². The third kappa shape index (κ3) is 3.09. The largest absolute Gasteiger partial charge is 0.497 e. The van der Waals surface area contributed by atoms with Crippen molar-refractivity contribution in [3.63, 3.8) is 0 Å². The Morgan fingerprint density at radius 1 is 1.16 bits per heavy atom. The summed E-state index contributed by atoms with van der Waals surface area (Å²) in [6.45, 7) is 3.86. The van der Waals surface area contributed by atoms with Crippen LogP contribution in [0.5, 0.6) is 5.75 Å². The van der Waals surface area contributed by atoms with Crippen LogP contribution in [-0.4, -0.2) is 18.0 Å². The summed E-state index contributed by atoms with van der Waals surface area (Å²) >= 11 is 4.83. The topological polar surface area (TPSA) is 72.6 Å². The standard InChI is InChI=1S/C23H17BrN2O4S/c1-11-12(2)31-23(25-11)26-19(13-5-4-6-15(9-13)29-3)18-20(27)16-10-14(24)7-8-17(16)30-21(18)22(26)28/h4-10,19H,1-3H3. The number of carbonyl (C=O) groups excluding carboxylic acids is 1. The highest BCUT2D eigenvalue weighted by atomic mass is 79.9. The molecule has 5 rings (SSSR count). The van der Waals surface area contributed by atoms with Crippen molar-refractivity contribution in [1.29, 1.82) is 0 Å². The number of aryl methyl sites for hydroxylation is 2. The number of anilines is 1. The molecule has 0 saturated heterocycles. The molecule has 0 spiro atoms. The summed E-state index contributed by atoms with van der Waals surface area (Å²) in [7, 11) is 1.58. The van der Waals surface area contributed by atoms with Crippen molar-refractivity contribution in [2.45, 2.75) is 19.9 Å². The number of hydrogen-bond acceptors (Lipinski definition) is 6. The highest BCUT2D eigenvalue weighted by Crippen LogP contribution is 2.43. The van der Waals surface area contributed by atoms with E-state index in [1.54, 1.807) is 30.2 Å². The van der Waals surface area contributed by atoms with Gasteiger partial charge in [0.2, 0.25) is 5.76 Å². The van der Waals surface area contributed by atoms with Crippen LogP contribution >= 0.6 is 27.3 Å². The van der Waals surface area contributed by atoms with E-state index in [0.717, 1.165) is 20.6 Å². The average molecular weight is 497 g/mol. The van der Waals surface area contributed by atoms with Crippen LogP contribution in [-0.2, 0) is 0 Å². The monoisotopic (exact) mass is 496 g/mol. The van der Waals surface area contributed by atoms with Crippen molar-refractivity contribution in [2.24, 2.45) is 0 Å². The first-order chi connectivity index (χ1) is 14.9. The van der Waals surface area contributed by atoms with Crippen molar-refractivity contribution >= 4 is 49.3 Å². The first kappa shape index (κ1) is 20.0. The molecule has 3 heterocycles. The molecule has 1 aliphatic heterocycles. The van der Waals surface area contributed by atoms with Crippen LogP contribution in [0, 0.1) is 13.8 Å². The van der Waals surface area contributed by atoms with E-state index in [1.807, 2.05) is 38.1 Å². The Morgan fingerprint density at radius 3 is 2.68 bits per heavy atom. The quantitative estimate of drug-likeness (QED) is 0.380. The van der Waals surface area contributed by atoms with Crippen molar-refractivity contribution in [1.82, 2.24) is 4.98 Å². The van der Waals surface area contributed by atoms with E-state index in [1.165, 1.54) is 11.3 Å². The molecule has 6 nitrogen and oxygen atoms in total. The minimum Gasteiger partial charge on any atom is -0.497 e. The Hall–Kier alpha value is -2.97. The van der Waals surface area contributed by atoms with E-state index in [2.05, 4.69) is 20.9 Å². The number of carbonyl (C=O) groups is 1. The summed E-state index contributed by atoms with van der Waals surface area (Å²) in [5.74, 6) is 0.314. The van der Waals surface area contributed by atoms with Crippen LogP contribution in [0.2, 0.25) is 0 Å². The Kier molecular flexibility index (Phi) is 4.71. The normalized spacial score (nSPS) is 15.5. The zero-order valence-corrected chi connectivity index (χ0v) is 19.3. The molecule has 1 aliphatic rings. The number of nitrogens with zero attached hydrogens (tertiary/aromatic N) is 2. The van der Waals surface area contributed by atoms with Gasteiger partial charge in [-0.2, -0.15) is 0 Å². The fourth-order valence-corrected chi connectivity index (χ4v) is 5.13. The summed E-state index contributed by atoms with van der Waals surface area (Å²) < 4.78 is 12.1. The number of benzene rings is 2. The predicted octanol–water partition coefficient (Wildman–Crippen LogP) is 5.39. The Morgan fingerprint density at radius 2 is 1.97 bits per heavy atom. The lowest BCUT2D eigenvalue weighted by molar-refractivity contribution is 0.0971. The Bertz CT molecular complexity index is 1410. The third-order valence-electron chi connectivity index (χ3n) is 5.47. The van der Waals surface area contributed by atoms with Crippen LogP contribution in [0.25, 0.3) is 11.0 Å². The van der Waals surface area contributed by atoms with E-state index in [-0.39, 0.29) is 17.1 Å². The average Bonchev–Trinajstić information content (AvgIpc) is 3.25. The first-order valence-electron chi connectivity index (χ1n) is 9.57. The molecule has 1 atom stereocenters. The predicted molar refractivity (Wildman–Crippen MR) is 123 cm³/mol. The number of hydrogen-bond donors (Lipinski definition) is 0. The van der Waals surface area contributed by atoms with Crippen LogP contribution in [0.4, 0.5) is 5.13 Å². The van der Waals surface area contributed by atoms with Gasteiger partial charge < -0.3 is 9.15 Å². The van der Waals surface area contributed by atoms with Crippen LogP contribution in [0.15, 0.2) is 56.1 Å². The van der Waals surface area contributed by atoms with Crippen LogP contribution < -0.4 is 15.1 Å². The van der Waals surface area contributed by atoms with Gasteiger partial charge in [0, 0.05) is 9.35 Å². The van der Waals surface area contributed by atoms with Gasteiger partial charge in [0.25, 0.3) is 5.91 Å². The SMILES string of the molecule is COc1cccc(C2c3c(oc4ccc(Br)cc4c3=O)C(=O)N2c2nc(C)c(C)s2)c1. The number of ether oxygens (including phenoxy) is 1. The lowest BCUT2D eigenvalue weighted by atomic mass is 9.98. The van der Waals surface area contributed by atoms with Gasteiger partial charge in [0.15, 0.2) is 10.6 Å². The number of thiazole rings is 1. The molecule has 8 heteroatoms. The molecule has 0 N–H and O–H groups in total. The van der Waals surface area contributed by atoms with Crippen molar-refractivity contribution in [3.05, 3.63) is 84.6 Å². The second-order valence-electron chi connectivity index (χ2n) is 7.31. The lowest BCUT2D eigenvalue weighted by Crippen LogP contribution is -2.29. The van der Waals surface area contributed by atoms with Crippen LogP contribution in [0.3, 0.4) is 0 Å². The zero-order chi connectivity index (χ0) is 21.9. The molecular formula is C23H17BrN2O4S. The van der Waals surface area contributed by atoms with Gasteiger partial charge in [-0.3, -0.25) is 14.5 Å². The molecule has 4 aromatic rings. The Labute approximate surface area is 190 Å². The lowest BCUT2D eigenvalue weighted by Gasteiger charge is -2.22. The summed E-state index contributed by atoms with van der Waals surface area (Å²) in [5, 5.41) is 0.950. The smallest absolute Gasteiger partial charge is 0.297 e. The van der Waals surface area contributed by atoms with E-state index >= 15 is 0 Å². The summed E-state index contributed by atoms with van der Waals surface area (Å²) in [6.07, 6.45) is 0. The molecule has 0 radical (unpaired) electrons. The number of halogens is 1. The van der Waals surface area contributed by atoms with Gasteiger partial charge in [-0.1, -0.05) is 28.1 Å². The number of amides is 1. The van der Waals surface area contributed by atoms with Crippen molar-refractivity contribution in [2.75, 3.05) is 12.0 Å². The first-order valence-corrected chi connectivity index (χ1v) is 11.2. The molecule has 1 amide bonds. The maximum absolute atomic E-state index is 13.6. The molecule has 0 fully saturated rings. The minimum absolute atomic E-state index is 0.0538. The van der Waals surface area contributed by atoms with Gasteiger partial charge in [-0.05, 0) is 49.7 Å². The fraction of sp³-hybridized carbons (Fsp3) is 0.174. The molecule has 1 unspecified atom stereocenters. The minimum atomic E-state index is -0.665. The highest BCUT2D eigenvalue weighted by Gasteiger charge is 2.45. The summed E-state index contributed by atoms with van der Waals surface area (Å²) in [6, 6.07) is 11.9. The van der Waals surface area contributed by atoms with Gasteiger partial charge in [0.1, 0.15) is 11.3 Å². The second kappa shape index (κ2) is 7.32. The number of aromatic nitrogens is 1. The second-order valence-corrected chi connectivity index (χ2v) is 9.40.